The number of rotatable bonds is 9. The number of amides is 2. The summed E-state index contributed by atoms with van der Waals surface area (Å²) in [4.78, 5) is 36.8. The highest BCUT2D eigenvalue weighted by Crippen LogP contribution is 2.67. The van der Waals surface area contributed by atoms with Crippen LogP contribution >= 0.6 is 0 Å². The van der Waals surface area contributed by atoms with E-state index < -0.39 is 5.54 Å². The van der Waals surface area contributed by atoms with Gasteiger partial charge in [-0.25, -0.2) is 0 Å². The van der Waals surface area contributed by atoms with Crippen molar-refractivity contribution in [3.05, 3.63) is 95.7 Å². The zero-order valence-corrected chi connectivity index (χ0v) is 26.5. The second kappa shape index (κ2) is 11.8. The second-order valence-electron chi connectivity index (χ2n) is 13.3. The minimum Gasteiger partial charge on any atom is -0.497 e. The number of ether oxygens (including phenoxy) is 1. The number of aromatic nitrogens is 1. The van der Waals surface area contributed by atoms with Crippen molar-refractivity contribution < 1.29 is 14.3 Å². The molecule has 1 aromatic heterocycles. The first-order chi connectivity index (χ1) is 21.1. The van der Waals surface area contributed by atoms with Crippen LogP contribution in [0.25, 0.3) is 10.9 Å². The molecular formula is C37H44N4O3. The number of H-pyrrole nitrogens is 1. The second-order valence-corrected chi connectivity index (χ2v) is 13.3. The van der Waals surface area contributed by atoms with Gasteiger partial charge in [0.25, 0.3) is 0 Å². The van der Waals surface area contributed by atoms with E-state index in [4.69, 9.17) is 4.74 Å². The number of carbonyl (C=O) groups excluding carboxylic acids is 2. The number of benzene rings is 3. The number of carbonyl (C=O) groups is 2. The minimum atomic E-state index is -0.968. The Kier molecular flexibility index (Phi) is 8.01. The smallest absolute Gasteiger partial charge is 0.250 e. The van der Waals surface area contributed by atoms with Crippen molar-refractivity contribution >= 4 is 28.4 Å². The molecule has 0 radical (unpaired) electrons. The van der Waals surface area contributed by atoms with Crippen LogP contribution in [-0.2, 0) is 16.1 Å². The Morgan fingerprint density at radius 2 is 1.64 bits per heavy atom. The molecule has 4 aromatic rings. The predicted octanol–water partition coefficient (Wildman–Crippen LogP) is 6.75. The van der Waals surface area contributed by atoms with Crippen molar-refractivity contribution in [1.82, 2.24) is 14.8 Å². The third-order valence-corrected chi connectivity index (χ3v) is 10.3. The van der Waals surface area contributed by atoms with Crippen LogP contribution in [0, 0.1) is 18.3 Å². The summed E-state index contributed by atoms with van der Waals surface area (Å²) in [6.07, 6.45) is 1.54. The van der Waals surface area contributed by atoms with Gasteiger partial charge in [0.2, 0.25) is 11.8 Å². The number of aryl methyl sites for hydroxylation is 1. The standard InChI is InChI=1S/C37H44N4O3/c1-25-33(29-13-9-10-14-31(29)38-25)34-30(36(34,2)3)23-32(42)41(24-26-11-7-6-8-12-26)37(19-21-40(4)22-20-37)35(43)39-27-15-17-28(44-5)18-16-27/h6-18,30,34,38H,19-24H2,1-5H3,(H,39,43). The van der Waals surface area contributed by atoms with Crippen LogP contribution in [0.2, 0.25) is 0 Å². The van der Waals surface area contributed by atoms with Gasteiger partial charge in [-0.3, -0.25) is 9.59 Å². The molecule has 6 rings (SSSR count). The molecule has 44 heavy (non-hydrogen) atoms. The molecule has 2 fully saturated rings. The summed E-state index contributed by atoms with van der Waals surface area (Å²) in [5.74, 6) is 1.09. The Bertz CT molecular complexity index is 1630. The molecule has 2 atom stereocenters. The molecule has 2 aliphatic rings. The molecule has 7 heteroatoms. The monoisotopic (exact) mass is 592 g/mol. The van der Waals surface area contributed by atoms with E-state index in [0.717, 1.165) is 29.9 Å². The van der Waals surface area contributed by atoms with E-state index in [-0.39, 0.29) is 29.1 Å². The maximum atomic E-state index is 14.7. The van der Waals surface area contributed by atoms with Crippen LogP contribution in [0.3, 0.4) is 0 Å². The highest BCUT2D eigenvalue weighted by Gasteiger charge is 2.60. The SMILES string of the molecule is COc1ccc(NC(=O)C2(N(Cc3ccccc3)C(=O)CC3C(c4c(C)[nH]c5ccccc45)C3(C)C)CCN(C)CC2)cc1. The topological polar surface area (TPSA) is 77.7 Å². The summed E-state index contributed by atoms with van der Waals surface area (Å²) in [7, 11) is 3.70. The van der Waals surface area contributed by atoms with Crippen molar-refractivity contribution in [1.29, 1.82) is 0 Å². The van der Waals surface area contributed by atoms with E-state index in [0.29, 0.717) is 31.5 Å². The number of hydrogen-bond donors (Lipinski definition) is 2. The number of aromatic amines is 1. The molecule has 0 bridgehead atoms. The van der Waals surface area contributed by atoms with Gasteiger partial charge in [0.05, 0.1) is 7.11 Å². The van der Waals surface area contributed by atoms with E-state index in [9.17, 15) is 9.59 Å². The van der Waals surface area contributed by atoms with Gasteiger partial charge in [-0.15, -0.1) is 0 Å². The third kappa shape index (κ3) is 5.50. The zero-order valence-electron chi connectivity index (χ0n) is 26.5. The first-order valence-corrected chi connectivity index (χ1v) is 15.7. The minimum absolute atomic E-state index is 0.0326. The van der Waals surface area contributed by atoms with Gasteiger partial charge in [-0.1, -0.05) is 62.4 Å². The highest BCUT2D eigenvalue weighted by molar-refractivity contribution is 6.01. The molecule has 1 saturated carbocycles. The number of likely N-dealkylation sites (tertiary alicyclic amines) is 1. The Morgan fingerprint density at radius 3 is 2.32 bits per heavy atom. The maximum Gasteiger partial charge on any atom is 0.250 e. The highest BCUT2D eigenvalue weighted by atomic mass is 16.5. The van der Waals surface area contributed by atoms with Gasteiger partial charge < -0.3 is 24.8 Å². The molecule has 2 N–H and O–H groups in total. The first kappa shape index (κ1) is 29.9. The van der Waals surface area contributed by atoms with Crippen LogP contribution in [0.5, 0.6) is 5.75 Å². The van der Waals surface area contributed by atoms with Gasteiger partial charge in [0.1, 0.15) is 11.3 Å². The quantitative estimate of drug-likeness (QED) is 0.226. The van der Waals surface area contributed by atoms with Gasteiger partial charge >= 0.3 is 0 Å². The summed E-state index contributed by atoms with van der Waals surface area (Å²) >= 11 is 0. The fourth-order valence-corrected chi connectivity index (χ4v) is 7.47. The lowest BCUT2D eigenvalue weighted by atomic mass is 9.83. The average Bonchev–Trinajstić information content (AvgIpc) is 3.37. The maximum absolute atomic E-state index is 14.7. The number of piperidine rings is 1. The lowest BCUT2D eigenvalue weighted by Crippen LogP contribution is -2.62. The van der Waals surface area contributed by atoms with Gasteiger partial charge in [0.15, 0.2) is 0 Å². The zero-order chi connectivity index (χ0) is 31.1. The van der Waals surface area contributed by atoms with Crippen LogP contribution < -0.4 is 10.1 Å². The van der Waals surface area contributed by atoms with E-state index >= 15 is 0 Å². The van der Waals surface area contributed by atoms with Crippen LogP contribution in [0.4, 0.5) is 5.69 Å². The first-order valence-electron chi connectivity index (χ1n) is 15.7. The van der Waals surface area contributed by atoms with Crippen molar-refractivity contribution in [3.63, 3.8) is 0 Å². The number of nitrogens with one attached hydrogen (secondary N) is 2. The van der Waals surface area contributed by atoms with Crippen molar-refractivity contribution in [3.8, 4) is 5.75 Å². The molecular weight excluding hydrogens is 548 g/mol. The summed E-state index contributed by atoms with van der Waals surface area (Å²) in [6.45, 7) is 8.56. The van der Waals surface area contributed by atoms with E-state index in [2.05, 4.69) is 67.3 Å². The van der Waals surface area contributed by atoms with E-state index in [1.807, 2.05) is 59.5 Å². The van der Waals surface area contributed by atoms with Crippen molar-refractivity contribution in [2.24, 2.45) is 11.3 Å². The predicted molar refractivity (Wildman–Crippen MR) is 176 cm³/mol. The molecule has 1 aliphatic carbocycles. The lowest BCUT2D eigenvalue weighted by Gasteiger charge is -2.47. The Labute approximate surface area is 260 Å². The largest absolute Gasteiger partial charge is 0.497 e. The molecule has 0 spiro atoms. The molecule has 230 valence electrons. The van der Waals surface area contributed by atoms with Gasteiger partial charge in [-0.2, -0.15) is 0 Å². The molecule has 1 saturated heterocycles. The number of anilines is 1. The fourth-order valence-electron chi connectivity index (χ4n) is 7.47. The molecule has 3 aromatic carbocycles. The molecule has 2 amide bonds. The normalized spacial score (nSPS) is 20.7. The Morgan fingerprint density at radius 1 is 0.977 bits per heavy atom. The van der Waals surface area contributed by atoms with Crippen molar-refractivity contribution in [2.45, 2.75) is 58.0 Å². The van der Waals surface area contributed by atoms with E-state index in [1.54, 1.807) is 7.11 Å². The third-order valence-electron chi connectivity index (χ3n) is 10.3. The van der Waals surface area contributed by atoms with Crippen LogP contribution in [0.15, 0.2) is 78.9 Å². The molecule has 2 unspecified atom stereocenters. The van der Waals surface area contributed by atoms with Crippen molar-refractivity contribution in [2.75, 3.05) is 32.6 Å². The fraction of sp³-hybridized carbons (Fsp3) is 0.405. The Balaban J connectivity index is 1.33. The van der Waals surface area contributed by atoms with Gasteiger partial charge in [0, 0.05) is 48.3 Å². The summed E-state index contributed by atoms with van der Waals surface area (Å²) in [5.41, 5.74) is 4.35. The van der Waals surface area contributed by atoms with E-state index in [1.165, 1.54) is 16.6 Å². The number of methoxy groups -OCH3 is 1. The van der Waals surface area contributed by atoms with Gasteiger partial charge in [-0.05, 0) is 85.5 Å². The molecule has 7 nitrogen and oxygen atoms in total. The average molecular weight is 593 g/mol. The summed E-state index contributed by atoms with van der Waals surface area (Å²) in [6, 6.07) is 25.9. The molecule has 1 aliphatic heterocycles. The number of para-hydroxylation sites is 1. The number of fused-ring (bicyclic) bond motifs is 1. The summed E-state index contributed by atoms with van der Waals surface area (Å²) in [5, 5.41) is 4.41. The lowest BCUT2D eigenvalue weighted by molar-refractivity contribution is -0.150. The molecule has 2 heterocycles. The van der Waals surface area contributed by atoms with Crippen LogP contribution in [0.1, 0.15) is 55.8 Å². The van der Waals surface area contributed by atoms with Crippen LogP contribution in [-0.4, -0.2) is 59.4 Å². The Hall–Kier alpha value is -4.10. The number of hydrogen-bond acceptors (Lipinski definition) is 4. The summed E-state index contributed by atoms with van der Waals surface area (Å²) < 4.78 is 5.31. The number of nitrogens with zero attached hydrogens (tertiary/aromatic N) is 2.